The highest BCUT2D eigenvalue weighted by Gasteiger charge is 2.35. The van der Waals surface area contributed by atoms with Gasteiger partial charge in [-0.15, -0.1) is 0 Å². The highest BCUT2D eigenvalue weighted by atomic mass is 35.5. The minimum atomic E-state index is -0.542. The van der Waals surface area contributed by atoms with Crippen LogP contribution in [-0.4, -0.2) is 22.7 Å². The molecule has 3 amide bonds. The second kappa shape index (κ2) is 6.24. The maximum Gasteiger partial charge on any atom is 0.280 e. The van der Waals surface area contributed by atoms with E-state index in [0.29, 0.717) is 39.8 Å². The summed E-state index contributed by atoms with van der Waals surface area (Å²) in [6, 6.07) is 8.32. The summed E-state index contributed by atoms with van der Waals surface area (Å²) in [5, 5.41) is 2.48. The lowest BCUT2D eigenvalue weighted by Crippen LogP contribution is -2.53. The fraction of sp³-hybridized carbons (Fsp3) is 0.278. The van der Waals surface area contributed by atoms with E-state index < -0.39 is 11.8 Å². The molecule has 0 saturated heterocycles. The molecule has 1 heterocycles. The van der Waals surface area contributed by atoms with Gasteiger partial charge in [-0.25, -0.2) is 0 Å². The summed E-state index contributed by atoms with van der Waals surface area (Å²) in [7, 11) is 0. The van der Waals surface area contributed by atoms with E-state index in [1.54, 1.807) is 30.3 Å². The number of imide groups is 1. The van der Waals surface area contributed by atoms with E-state index in [2.05, 4.69) is 5.43 Å². The van der Waals surface area contributed by atoms with E-state index in [-0.39, 0.29) is 11.8 Å². The van der Waals surface area contributed by atoms with E-state index in [9.17, 15) is 14.4 Å². The lowest BCUT2D eigenvalue weighted by Gasteiger charge is -2.28. The van der Waals surface area contributed by atoms with Gasteiger partial charge >= 0.3 is 0 Å². The molecule has 0 spiro atoms. The predicted molar refractivity (Wildman–Crippen MR) is 91.7 cm³/mol. The molecule has 24 heavy (non-hydrogen) atoms. The summed E-state index contributed by atoms with van der Waals surface area (Å²) in [6.45, 7) is 3.79. The largest absolute Gasteiger partial charge is 0.280 e. The molecule has 3 rings (SSSR count). The van der Waals surface area contributed by atoms with Gasteiger partial charge < -0.3 is 0 Å². The molecule has 0 bridgehead atoms. The van der Waals surface area contributed by atoms with E-state index in [4.69, 9.17) is 11.6 Å². The van der Waals surface area contributed by atoms with Gasteiger partial charge in [-0.3, -0.25) is 19.8 Å². The van der Waals surface area contributed by atoms with Gasteiger partial charge in [-0.2, -0.15) is 5.01 Å². The van der Waals surface area contributed by atoms with Crippen LogP contribution in [0.2, 0.25) is 5.02 Å². The third-order valence-electron chi connectivity index (χ3n) is 4.43. The Morgan fingerprint density at radius 3 is 2.33 bits per heavy atom. The van der Waals surface area contributed by atoms with E-state index in [1.807, 2.05) is 13.8 Å². The predicted octanol–water partition coefficient (Wildman–Crippen LogP) is 3.56. The Hall–Kier alpha value is -2.40. The normalized spacial score (nSPS) is 13.8. The van der Waals surface area contributed by atoms with Gasteiger partial charge in [0.1, 0.15) is 0 Å². The Balaban J connectivity index is 2.06. The molecule has 6 heteroatoms. The number of hydrazine groups is 1. The van der Waals surface area contributed by atoms with Crippen molar-refractivity contribution in [3.05, 3.63) is 46.5 Å². The summed E-state index contributed by atoms with van der Waals surface area (Å²) in [5.74, 6) is -1.65. The summed E-state index contributed by atoms with van der Waals surface area (Å²) >= 11 is 6.17. The molecule has 5 nitrogen and oxygen atoms in total. The fourth-order valence-corrected chi connectivity index (χ4v) is 3.24. The number of nitrogens with zero attached hydrogens (tertiary/aromatic N) is 1. The summed E-state index contributed by atoms with van der Waals surface area (Å²) in [4.78, 5) is 37.7. The molecule has 0 unspecified atom stereocenters. The number of hydrogen-bond donors (Lipinski definition) is 1. The molecule has 0 aromatic heterocycles. The highest BCUT2D eigenvalue weighted by molar-refractivity contribution is 6.38. The lowest BCUT2D eigenvalue weighted by molar-refractivity contribution is -0.128. The first-order valence-corrected chi connectivity index (χ1v) is 8.27. The number of nitrogens with one attached hydrogen (secondary N) is 1. The van der Waals surface area contributed by atoms with E-state index in [1.165, 1.54) is 0 Å². The standard InChI is InChI=1S/C18H17ClN2O3/c1-3-10(4-2)16(22)20-21-17(23)12-7-5-6-11-14(19)9-8-13(15(11)12)18(21)24/h5-10H,3-4H2,1-2H3,(H,20,22). The van der Waals surface area contributed by atoms with Gasteiger partial charge in [0.15, 0.2) is 0 Å². The van der Waals surface area contributed by atoms with Crippen LogP contribution in [0.3, 0.4) is 0 Å². The van der Waals surface area contributed by atoms with Crippen LogP contribution in [0.5, 0.6) is 0 Å². The van der Waals surface area contributed by atoms with Crippen molar-refractivity contribution in [3.8, 4) is 0 Å². The van der Waals surface area contributed by atoms with Gasteiger partial charge in [-0.1, -0.05) is 37.6 Å². The molecule has 0 saturated carbocycles. The number of amides is 3. The Kier molecular flexibility index (Phi) is 4.28. The van der Waals surface area contributed by atoms with Gasteiger partial charge in [-0.05, 0) is 31.0 Å². The van der Waals surface area contributed by atoms with Crippen LogP contribution in [-0.2, 0) is 4.79 Å². The van der Waals surface area contributed by atoms with E-state index in [0.717, 1.165) is 5.01 Å². The summed E-state index contributed by atoms with van der Waals surface area (Å²) in [5.41, 5.74) is 3.19. The van der Waals surface area contributed by atoms with Gasteiger partial charge in [0.2, 0.25) is 5.91 Å². The summed E-state index contributed by atoms with van der Waals surface area (Å²) < 4.78 is 0. The first-order chi connectivity index (χ1) is 11.5. The van der Waals surface area contributed by atoms with Crippen molar-refractivity contribution < 1.29 is 14.4 Å². The first kappa shape index (κ1) is 16.5. The quantitative estimate of drug-likeness (QED) is 0.862. The second-order valence-corrected chi connectivity index (χ2v) is 6.17. The van der Waals surface area contributed by atoms with Crippen LogP contribution in [0.1, 0.15) is 47.4 Å². The van der Waals surface area contributed by atoms with Crippen molar-refractivity contribution in [1.29, 1.82) is 0 Å². The lowest BCUT2D eigenvalue weighted by atomic mass is 9.95. The van der Waals surface area contributed by atoms with Crippen molar-refractivity contribution in [2.45, 2.75) is 26.7 Å². The average molecular weight is 345 g/mol. The molecule has 0 radical (unpaired) electrons. The Morgan fingerprint density at radius 1 is 1.08 bits per heavy atom. The van der Waals surface area contributed by atoms with Gasteiger partial charge in [0.25, 0.3) is 11.8 Å². The van der Waals surface area contributed by atoms with Crippen LogP contribution in [0, 0.1) is 5.92 Å². The van der Waals surface area contributed by atoms with Crippen LogP contribution in [0.4, 0.5) is 0 Å². The molecule has 0 atom stereocenters. The van der Waals surface area contributed by atoms with Crippen molar-refractivity contribution >= 4 is 40.1 Å². The van der Waals surface area contributed by atoms with Crippen LogP contribution in [0.25, 0.3) is 10.8 Å². The molecule has 1 N–H and O–H groups in total. The molecule has 2 aromatic rings. The number of carbonyl (C=O) groups excluding carboxylic acids is 3. The Morgan fingerprint density at radius 2 is 1.71 bits per heavy atom. The van der Waals surface area contributed by atoms with Crippen LogP contribution >= 0.6 is 11.6 Å². The highest BCUT2D eigenvalue weighted by Crippen LogP contribution is 2.33. The number of hydrogen-bond acceptors (Lipinski definition) is 3. The minimum absolute atomic E-state index is 0.243. The molecular weight excluding hydrogens is 328 g/mol. The third kappa shape index (κ3) is 2.45. The SMILES string of the molecule is CCC(CC)C(=O)NN1C(=O)c2cccc3c(Cl)ccc(c23)C1=O. The van der Waals surface area contributed by atoms with Crippen molar-refractivity contribution in [1.82, 2.24) is 10.4 Å². The number of rotatable bonds is 4. The molecule has 124 valence electrons. The zero-order valence-corrected chi connectivity index (χ0v) is 14.2. The Labute approximate surface area is 144 Å². The minimum Gasteiger partial charge on any atom is -0.273 e. The van der Waals surface area contributed by atoms with Crippen LogP contribution < -0.4 is 5.43 Å². The molecule has 1 aliphatic heterocycles. The molecule has 2 aromatic carbocycles. The van der Waals surface area contributed by atoms with Gasteiger partial charge in [0.05, 0.1) is 11.1 Å². The zero-order valence-electron chi connectivity index (χ0n) is 13.4. The van der Waals surface area contributed by atoms with Crippen molar-refractivity contribution in [2.75, 3.05) is 0 Å². The number of carbonyl (C=O) groups is 3. The number of benzene rings is 2. The fourth-order valence-electron chi connectivity index (χ4n) is 3.02. The monoisotopic (exact) mass is 344 g/mol. The van der Waals surface area contributed by atoms with Crippen molar-refractivity contribution in [2.24, 2.45) is 5.92 Å². The second-order valence-electron chi connectivity index (χ2n) is 5.76. The van der Waals surface area contributed by atoms with Crippen molar-refractivity contribution in [3.63, 3.8) is 0 Å². The molecule has 0 aliphatic carbocycles. The van der Waals surface area contributed by atoms with Gasteiger partial charge in [0, 0.05) is 21.7 Å². The molecule has 1 aliphatic rings. The molecule has 0 fully saturated rings. The smallest absolute Gasteiger partial charge is 0.273 e. The molecular formula is C18H17ClN2O3. The zero-order chi connectivity index (χ0) is 17.4. The van der Waals surface area contributed by atoms with Crippen LogP contribution in [0.15, 0.2) is 30.3 Å². The average Bonchev–Trinajstić information content (AvgIpc) is 2.59. The topological polar surface area (TPSA) is 66.5 Å². The first-order valence-electron chi connectivity index (χ1n) is 7.90. The Bertz CT molecular complexity index is 836. The van der Waals surface area contributed by atoms with E-state index >= 15 is 0 Å². The third-order valence-corrected chi connectivity index (χ3v) is 4.76. The maximum atomic E-state index is 12.7. The summed E-state index contributed by atoms with van der Waals surface area (Å²) in [6.07, 6.45) is 1.28. The number of halogens is 1. The maximum absolute atomic E-state index is 12.7.